The van der Waals surface area contributed by atoms with E-state index in [1.165, 1.54) is 0 Å². The van der Waals surface area contributed by atoms with Gasteiger partial charge in [0.2, 0.25) is 5.91 Å². The zero-order valence-electron chi connectivity index (χ0n) is 10.0. The van der Waals surface area contributed by atoms with Gasteiger partial charge in [-0.3, -0.25) is 4.79 Å². The molecule has 1 rings (SSSR count). The predicted molar refractivity (Wildman–Crippen MR) is 64.1 cm³/mol. The van der Waals surface area contributed by atoms with Crippen molar-refractivity contribution in [1.82, 2.24) is 10.2 Å². The molecule has 0 aliphatic heterocycles. The number of hydrogen-bond donors (Lipinski definition) is 2. The summed E-state index contributed by atoms with van der Waals surface area (Å²) in [5.74, 6) is 0.0159. The lowest BCUT2D eigenvalue weighted by Gasteiger charge is -2.28. The second-order valence-corrected chi connectivity index (χ2v) is 4.60. The van der Waals surface area contributed by atoms with Gasteiger partial charge in [-0.25, -0.2) is 0 Å². The van der Waals surface area contributed by atoms with Gasteiger partial charge in [-0.1, -0.05) is 18.9 Å². The molecule has 1 fully saturated rings. The van der Waals surface area contributed by atoms with E-state index in [2.05, 4.69) is 11.9 Å². The van der Waals surface area contributed by atoms with E-state index in [0.717, 1.165) is 25.7 Å². The maximum absolute atomic E-state index is 11.7. The van der Waals surface area contributed by atoms with E-state index in [1.807, 2.05) is 0 Å². The number of rotatable bonds is 6. The summed E-state index contributed by atoms with van der Waals surface area (Å²) in [6.45, 7) is 4.95. The highest BCUT2D eigenvalue weighted by molar-refractivity contribution is 5.78. The zero-order chi connectivity index (χ0) is 12.0. The van der Waals surface area contributed by atoms with Crippen LogP contribution in [0.1, 0.15) is 25.7 Å². The fourth-order valence-electron chi connectivity index (χ4n) is 2.14. The highest BCUT2D eigenvalue weighted by atomic mass is 16.3. The molecule has 1 aliphatic carbocycles. The second-order valence-electron chi connectivity index (χ2n) is 4.60. The van der Waals surface area contributed by atoms with Gasteiger partial charge in [0.1, 0.15) is 0 Å². The van der Waals surface area contributed by atoms with E-state index >= 15 is 0 Å². The van der Waals surface area contributed by atoms with Crippen LogP contribution in [0.5, 0.6) is 0 Å². The van der Waals surface area contributed by atoms with Crippen LogP contribution in [0, 0.1) is 0 Å². The Labute approximate surface area is 97.3 Å². The molecular weight excluding hydrogens is 204 g/mol. The Hall–Kier alpha value is -0.870. The minimum absolute atomic E-state index is 0.0159. The van der Waals surface area contributed by atoms with Gasteiger partial charge in [0.25, 0.3) is 0 Å². The van der Waals surface area contributed by atoms with Crippen molar-refractivity contribution in [2.75, 3.05) is 26.7 Å². The van der Waals surface area contributed by atoms with E-state index in [1.54, 1.807) is 18.0 Å². The zero-order valence-corrected chi connectivity index (χ0v) is 10.0. The highest BCUT2D eigenvalue weighted by Gasteiger charge is 2.33. The Morgan fingerprint density at radius 1 is 1.56 bits per heavy atom. The van der Waals surface area contributed by atoms with Crippen molar-refractivity contribution in [2.45, 2.75) is 31.3 Å². The lowest BCUT2D eigenvalue weighted by Crippen LogP contribution is -2.44. The molecule has 0 saturated heterocycles. The summed E-state index contributed by atoms with van der Waals surface area (Å²) in [6, 6.07) is 0. The number of aliphatic hydroxyl groups is 1. The molecule has 0 aromatic rings. The molecule has 0 aromatic heterocycles. The summed E-state index contributed by atoms with van der Waals surface area (Å²) >= 11 is 0. The summed E-state index contributed by atoms with van der Waals surface area (Å²) < 4.78 is 0. The molecule has 0 aromatic carbocycles. The maximum Gasteiger partial charge on any atom is 0.236 e. The highest BCUT2D eigenvalue weighted by Crippen LogP contribution is 2.29. The molecule has 92 valence electrons. The SMILES string of the molecule is C=CCNCC(=O)N(C)CC1(O)CCCC1. The molecule has 0 bridgehead atoms. The number of amides is 1. The van der Waals surface area contributed by atoms with Crippen LogP contribution in [0.25, 0.3) is 0 Å². The smallest absolute Gasteiger partial charge is 0.236 e. The van der Waals surface area contributed by atoms with Crippen molar-refractivity contribution < 1.29 is 9.90 Å². The molecule has 2 N–H and O–H groups in total. The van der Waals surface area contributed by atoms with E-state index in [4.69, 9.17) is 0 Å². The van der Waals surface area contributed by atoms with Crippen LogP contribution in [0.2, 0.25) is 0 Å². The first-order valence-electron chi connectivity index (χ1n) is 5.85. The Morgan fingerprint density at radius 3 is 2.75 bits per heavy atom. The molecule has 0 spiro atoms. The molecule has 1 amide bonds. The van der Waals surface area contributed by atoms with Gasteiger partial charge in [-0.15, -0.1) is 6.58 Å². The number of hydrogen-bond acceptors (Lipinski definition) is 3. The Balaban J connectivity index is 2.30. The van der Waals surface area contributed by atoms with Crippen LogP contribution in [0.15, 0.2) is 12.7 Å². The third-order valence-corrected chi connectivity index (χ3v) is 3.06. The lowest BCUT2D eigenvalue weighted by molar-refractivity contribution is -0.132. The van der Waals surface area contributed by atoms with Crippen molar-refractivity contribution in [3.8, 4) is 0 Å². The standard InChI is InChI=1S/C12H22N2O2/c1-3-8-13-9-11(15)14(2)10-12(16)6-4-5-7-12/h3,13,16H,1,4-10H2,2H3. The molecule has 4 heteroatoms. The summed E-state index contributed by atoms with van der Waals surface area (Å²) in [7, 11) is 1.74. The minimum atomic E-state index is -0.650. The minimum Gasteiger partial charge on any atom is -0.388 e. The number of carbonyl (C=O) groups excluding carboxylic acids is 1. The first-order valence-corrected chi connectivity index (χ1v) is 5.85. The van der Waals surface area contributed by atoms with Crippen molar-refractivity contribution in [3.05, 3.63) is 12.7 Å². The topological polar surface area (TPSA) is 52.6 Å². The lowest BCUT2D eigenvalue weighted by atomic mass is 10.0. The van der Waals surface area contributed by atoms with Crippen molar-refractivity contribution in [2.24, 2.45) is 0 Å². The van der Waals surface area contributed by atoms with Gasteiger partial charge < -0.3 is 15.3 Å². The normalized spacial score (nSPS) is 18.4. The molecular formula is C12H22N2O2. The second kappa shape index (κ2) is 6.01. The Bertz CT molecular complexity index is 247. The summed E-state index contributed by atoms with van der Waals surface area (Å²) in [5.41, 5.74) is -0.650. The Kier molecular flexibility index (Phi) is 4.96. The molecule has 0 heterocycles. The quantitative estimate of drug-likeness (QED) is 0.513. The molecule has 4 nitrogen and oxygen atoms in total. The Morgan fingerprint density at radius 2 is 2.19 bits per heavy atom. The van der Waals surface area contributed by atoms with Gasteiger partial charge in [0.15, 0.2) is 0 Å². The average molecular weight is 226 g/mol. The summed E-state index contributed by atoms with van der Waals surface area (Å²) in [5, 5.41) is 13.1. The van der Waals surface area contributed by atoms with Gasteiger partial charge in [-0.2, -0.15) is 0 Å². The number of nitrogens with one attached hydrogen (secondary N) is 1. The summed E-state index contributed by atoms with van der Waals surface area (Å²) in [6.07, 6.45) is 5.47. The first kappa shape index (κ1) is 13.2. The molecule has 0 radical (unpaired) electrons. The molecule has 1 aliphatic rings. The largest absolute Gasteiger partial charge is 0.388 e. The van der Waals surface area contributed by atoms with E-state index in [-0.39, 0.29) is 5.91 Å². The average Bonchev–Trinajstić information content (AvgIpc) is 2.65. The molecule has 0 unspecified atom stereocenters. The summed E-state index contributed by atoms with van der Waals surface area (Å²) in [4.78, 5) is 13.3. The van der Waals surface area contributed by atoms with Crippen LogP contribution >= 0.6 is 0 Å². The fraction of sp³-hybridized carbons (Fsp3) is 0.750. The number of carbonyl (C=O) groups is 1. The van der Waals surface area contributed by atoms with Crippen molar-refractivity contribution in [3.63, 3.8) is 0 Å². The molecule has 1 saturated carbocycles. The van der Waals surface area contributed by atoms with Crippen LogP contribution < -0.4 is 5.32 Å². The fourth-order valence-corrected chi connectivity index (χ4v) is 2.14. The van der Waals surface area contributed by atoms with Gasteiger partial charge >= 0.3 is 0 Å². The van der Waals surface area contributed by atoms with Crippen molar-refractivity contribution in [1.29, 1.82) is 0 Å². The van der Waals surface area contributed by atoms with Crippen molar-refractivity contribution >= 4 is 5.91 Å². The third-order valence-electron chi connectivity index (χ3n) is 3.06. The van der Waals surface area contributed by atoms with Crippen LogP contribution in [-0.4, -0.2) is 48.2 Å². The van der Waals surface area contributed by atoms with Gasteiger partial charge in [0, 0.05) is 20.1 Å². The van der Waals surface area contributed by atoms with E-state index in [0.29, 0.717) is 19.6 Å². The monoisotopic (exact) mass is 226 g/mol. The molecule has 16 heavy (non-hydrogen) atoms. The van der Waals surface area contributed by atoms with Crippen LogP contribution in [0.3, 0.4) is 0 Å². The maximum atomic E-state index is 11.7. The van der Waals surface area contributed by atoms with Crippen LogP contribution in [0.4, 0.5) is 0 Å². The van der Waals surface area contributed by atoms with E-state index in [9.17, 15) is 9.90 Å². The third kappa shape index (κ3) is 3.94. The van der Waals surface area contributed by atoms with Crippen LogP contribution in [-0.2, 0) is 4.79 Å². The van der Waals surface area contributed by atoms with Gasteiger partial charge in [-0.05, 0) is 12.8 Å². The number of likely N-dealkylation sites (N-methyl/N-ethyl adjacent to an activating group) is 1. The van der Waals surface area contributed by atoms with Gasteiger partial charge in [0.05, 0.1) is 12.1 Å². The molecule has 0 atom stereocenters. The van der Waals surface area contributed by atoms with E-state index < -0.39 is 5.60 Å². The first-order chi connectivity index (χ1) is 7.57. The predicted octanol–water partition coefficient (Wildman–Crippen LogP) is 0.525. The number of nitrogens with zero attached hydrogens (tertiary/aromatic N) is 1.